The molecule has 0 aromatic heterocycles. The van der Waals surface area contributed by atoms with Crippen molar-refractivity contribution in [3.05, 3.63) is 0 Å². The average molecular weight is 260 g/mol. The van der Waals surface area contributed by atoms with Crippen molar-refractivity contribution in [3.8, 4) is 0 Å². The highest BCUT2D eigenvalue weighted by Crippen LogP contribution is 1.96. The molecular weight excluding hydrogens is 240 g/mol. The highest BCUT2D eigenvalue weighted by molar-refractivity contribution is 5.94. The van der Waals surface area contributed by atoms with Gasteiger partial charge in [-0.15, -0.1) is 0 Å². The number of methoxy groups -OCH3 is 1. The summed E-state index contributed by atoms with van der Waals surface area (Å²) in [5, 5.41) is 10.6. The first-order valence-corrected chi connectivity index (χ1v) is 5.80. The van der Waals surface area contributed by atoms with Crippen molar-refractivity contribution in [2.45, 2.75) is 26.2 Å². The summed E-state index contributed by atoms with van der Waals surface area (Å²) in [5.41, 5.74) is 0. The van der Waals surface area contributed by atoms with E-state index in [1.807, 2.05) is 0 Å². The lowest BCUT2D eigenvalue weighted by atomic mass is 10.2. The predicted molar refractivity (Wildman–Crippen MR) is 64.1 cm³/mol. The first-order valence-electron chi connectivity index (χ1n) is 5.80. The normalized spacial score (nSPS) is 9.89. The van der Waals surface area contributed by atoms with Crippen molar-refractivity contribution >= 4 is 17.9 Å². The molecule has 3 amide bonds. The molecule has 0 bridgehead atoms. The Labute approximate surface area is 106 Å². The lowest BCUT2D eigenvalue weighted by Gasteiger charge is -2.20. The number of urea groups is 1. The average Bonchev–Trinajstić information content (AvgIpc) is 2.29. The second-order valence-electron chi connectivity index (χ2n) is 3.67. The number of carbonyl (C=O) groups excluding carboxylic acids is 2. The maximum absolute atomic E-state index is 11.6. The first kappa shape index (κ1) is 16.4. The van der Waals surface area contributed by atoms with E-state index >= 15 is 0 Å². The van der Waals surface area contributed by atoms with Crippen LogP contribution < -0.4 is 5.32 Å². The van der Waals surface area contributed by atoms with Gasteiger partial charge in [0.1, 0.15) is 0 Å². The van der Waals surface area contributed by atoms with E-state index in [9.17, 15) is 14.4 Å². The van der Waals surface area contributed by atoms with Crippen molar-refractivity contribution in [1.29, 1.82) is 0 Å². The maximum atomic E-state index is 11.6. The van der Waals surface area contributed by atoms with E-state index in [0.29, 0.717) is 19.7 Å². The summed E-state index contributed by atoms with van der Waals surface area (Å²) in [6.45, 7) is 3.07. The Balaban J connectivity index is 3.96. The summed E-state index contributed by atoms with van der Waals surface area (Å²) in [6.07, 6.45) is 0.168. The number of carbonyl (C=O) groups is 3. The summed E-state index contributed by atoms with van der Waals surface area (Å²) in [7, 11) is 1.53. The fraction of sp³-hybridized carbons (Fsp3) is 0.727. The largest absolute Gasteiger partial charge is 0.481 e. The zero-order chi connectivity index (χ0) is 14.0. The molecule has 0 fully saturated rings. The molecule has 7 nitrogen and oxygen atoms in total. The Bertz CT molecular complexity index is 293. The van der Waals surface area contributed by atoms with Crippen LogP contribution in [-0.2, 0) is 14.3 Å². The molecule has 0 aliphatic heterocycles. The van der Waals surface area contributed by atoms with E-state index in [1.165, 1.54) is 12.0 Å². The van der Waals surface area contributed by atoms with E-state index in [1.54, 1.807) is 6.92 Å². The number of nitrogens with one attached hydrogen (secondary N) is 1. The van der Waals surface area contributed by atoms with E-state index < -0.39 is 17.9 Å². The molecule has 18 heavy (non-hydrogen) atoms. The number of imide groups is 1. The van der Waals surface area contributed by atoms with Gasteiger partial charge in [0.15, 0.2) is 0 Å². The summed E-state index contributed by atoms with van der Waals surface area (Å²) >= 11 is 0. The van der Waals surface area contributed by atoms with Gasteiger partial charge in [-0.25, -0.2) is 4.79 Å². The summed E-state index contributed by atoms with van der Waals surface area (Å²) < 4.78 is 4.85. The van der Waals surface area contributed by atoms with E-state index in [0.717, 1.165) is 0 Å². The summed E-state index contributed by atoms with van der Waals surface area (Å²) in [4.78, 5) is 34.7. The van der Waals surface area contributed by atoms with Gasteiger partial charge in [-0.3, -0.25) is 14.9 Å². The number of hydrogen-bond acceptors (Lipinski definition) is 4. The fourth-order valence-electron chi connectivity index (χ4n) is 1.27. The van der Waals surface area contributed by atoms with Crippen LogP contribution in [0.4, 0.5) is 4.79 Å². The number of nitrogens with zero attached hydrogens (tertiary/aromatic N) is 1. The number of amides is 3. The van der Waals surface area contributed by atoms with Crippen molar-refractivity contribution in [3.63, 3.8) is 0 Å². The Morgan fingerprint density at radius 2 is 1.94 bits per heavy atom. The Morgan fingerprint density at radius 1 is 1.28 bits per heavy atom. The molecule has 104 valence electrons. The second-order valence-corrected chi connectivity index (χ2v) is 3.67. The van der Waals surface area contributed by atoms with Crippen LogP contribution in [-0.4, -0.2) is 54.7 Å². The van der Waals surface area contributed by atoms with Gasteiger partial charge in [0, 0.05) is 33.0 Å². The Kier molecular flexibility index (Phi) is 8.55. The minimum atomic E-state index is -0.954. The third kappa shape index (κ3) is 7.61. The molecule has 0 spiro atoms. The third-order valence-electron chi connectivity index (χ3n) is 2.28. The van der Waals surface area contributed by atoms with E-state index in [4.69, 9.17) is 9.84 Å². The lowest BCUT2D eigenvalue weighted by molar-refractivity contribution is -0.137. The molecule has 0 rings (SSSR count). The Hall–Kier alpha value is -1.63. The predicted octanol–water partition coefficient (Wildman–Crippen LogP) is 0.446. The van der Waals surface area contributed by atoms with Crippen LogP contribution in [0.25, 0.3) is 0 Å². The van der Waals surface area contributed by atoms with Crippen LogP contribution in [0.2, 0.25) is 0 Å². The van der Waals surface area contributed by atoms with Crippen molar-refractivity contribution < 1.29 is 24.2 Å². The molecular formula is C11H20N2O5. The number of likely N-dealkylation sites (N-methyl/N-ethyl adjacent to an activating group) is 1. The minimum absolute atomic E-state index is 0.0277. The third-order valence-corrected chi connectivity index (χ3v) is 2.28. The highest BCUT2D eigenvalue weighted by Gasteiger charge is 2.14. The zero-order valence-electron chi connectivity index (χ0n) is 10.8. The van der Waals surface area contributed by atoms with Gasteiger partial charge in [0.2, 0.25) is 5.91 Å². The quantitative estimate of drug-likeness (QED) is 0.660. The standard InChI is InChI=1S/C11H20N2O5/c1-3-13(7-8-18-2)11(17)12-9(14)5-4-6-10(15)16/h3-8H2,1-2H3,(H,15,16)(H,12,14,17). The molecule has 0 atom stereocenters. The van der Waals surface area contributed by atoms with Gasteiger partial charge in [-0.1, -0.05) is 0 Å². The van der Waals surface area contributed by atoms with Crippen LogP contribution in [0.3, 0.4) is 0 Å². The zero-order valence-corrected chi connectivity index (χ0v) is 10.8. The molecule has 0 heterocycles. The molecule has 0 aliphatic rings. The monoisotopic (exact) mass is 260 g/mol. The molecule has 0 saturated heterocycles. The molecule has 0 aromatic rings. The first-order chi connectivity index (χ1) is 8.51. The minimum Gasteiger partial charge on any atom is -0.481 e. The van der Waals surface area contributed by atoms with Gasteiger partial charge in [-0.2, -0.15) is 0 Å². The fourth-order valence-corrected chi connectivity index (χ4v) is 1.27. The molecule has 0 aromatic carbocycles. The summed E-state index contributed by atoms with van der Waals surface area (Å²) in [5.74, 6) is -1.42. The van der Waals surface area contributed by atoms with Gasteiger partial charge in [-0.05, 0) is 13.3 Å². The molecule has 7 heteroatoms. The topological polar surface area (TPSA) is 95.9 Å². The SMILES string of the molecule is CCN(CCOC)C(=O)NC(=O)CCCC(=O)O. The van der Waals surface area contributed by atoms with E-state index in [2.05, 4.69) is 5.32 Å². The number of hydrogen-bond donors (Lipinski definition) is 2. The molecule has 0 radical (unpaired) electrons. The number of ether oxygens (including phenoxy) is 1. The van der Waals surface area contributed by atoms with Crippen LogP contribution in [0.15, 0.2) is 0 Å². The molecule has 2 N–H and O–H groups in total. The van der Waals surface area contributed by atoms with Crippen LogP contribution in [0.1, 0.15) is 26.2 Å². The second kappa shape index (κ2) is 9.41. The number of carboxylic acid groups (broad SMARTS) is 1. The van der Waals surface area contributed by atoms with Gasteiger partial charge < -0.3 is 14.7 Å². The van der Waals surface area contributed by atoms with Crippen molar-refractivity contribution in [2.75, 3.05) is 26.8 Å². The lowest BCUT2D eigenvalue weighted by Crippen LogP contribution is -2.44. The van der Waals surface area contributed by atoms with E-state index in [-0.39, 0.29) is 19.3 Å². The summed E-state index contributed by atoms with van der Waals surface area (Å²) in [6, 6.07) is -0.477. The molecule has 0 aliphatic carbocycles. The molecule has 0 saturated carbocycles. The molecule has 0 unspecified atom stereocenters. The van der Waals surface area contributed by atoms with Gasteiger partial charge in [0.05, 0.1) is 6.61 Å². The highest BCUT2D eigenvalue weighted by atomic mass is 16.5. The Morgan fingerprint density at radius 3 is 2.44 bits per heavy atom. The smallest absolute Gasteiger partial charge is 0.324 e. The number of rotatable bonds is 8. The van der Waals surface area contributed by atoms with Gasteiger partial charge in [0.25, 0.3) is 0 Å². The number of carboxylic acids is 1. The van der Waals surface area contributed by atoms with Crippen LogP contribution in [0.5, 0.6) is 0 Å². The van der Waals surface area contributed by atoms with Gasteiger partial charge >= 0.3 is 12.0 Å². The maximum Gasteiger partial charge on any atom is 0.324 e. The van der Waals surface area contributed by atoms with Crippen LogP contribution in [0, 0.1) is 0 Å². The van der Waals surface area contributed by atoms with Crippen molar-refractivity contribution in [2.24, 2.45) is 0 Å². The number of aliphatic carboxylic acids is 1. The van der Waals surface area contributed by atoms with Crippen LogP contribution >= 0.6 is 0 Å². The van der Waals surface area contributed by atoms with Crippen molar-refractivity contribution in [1.82, 2.24) is 10.2 Å².